The molecule has 0 unspecified atom stereocenters. The molecule has 6 nitrogen and oxygen atoms in total. The normalized spacial score (nSPS) is 17.3. The van der Waals surface area contributed by atoms with E-state index in [9.17, 15) is 9.90 Å². The van der Waals surface area contributed by atoms with Crippen molar-refractivity contribution >= 4 is 0 Å². The molecule has 6 heteroatoms. The van der Waals surface area contributed by atoms with E-state index in [1.165, 1.54) is 12.8 Å². The summed E-state index contributed by atoms with van der Waals surface area (Å²) < 4.78 is 5.09. The first-order valence-electron chi connectivity index (χ1n) is 8.81. The number of aromatic hydroxyl groups is 1. The summed E-state index contributed by atoms with van der Waals surface area (Å²) in [5.74, 6) is 2.16. The molecule has 0 saturated heterocycles. The van der Waals surface area contributed by atoms with Gasteiger partial charge in [0.1, 0.15) is 5.82 Å². The minimum atomic E-state index is 0.0300. The number of phenolic OH excluding ortho intramolecular Hbond substituents is 1. The SMILES string of the molecule is COc1ccc(CN2CCc3c(nc(CC4CC4)[nH]c3=O)C2)cc1O. The van der Waals surface area contributed by atoms with Gasteiger partial charge in [-0.2, -0.15) is 0 Å². The molecule has 1 saturated carbocycles. The van der Waals surface area contributed by atoms with E-state index in [-0.39, 0.29) is 11.3 Å². The third kappa shape index (κ3) is 3.54. The monoisotopic (exact) mass is 341 g/mol. The number of H-pyrrole nitrogens is 1. The Morgan fingerprint density at radius 1 is 1.40 bits per heavy atom. The molecule has 2 aromatic rings. The van der Waals surface area contributed by atoms with Gasteiger partial charge in [0.25, 0.3) is 5.56 Å². The van der Waals surface area contributed by atoms with Crippen molar-refractivity contribution in [1.82, 2.24) is 14.9 Å². The maximum absolute atomic E-state index is 12.3. The topological polar surface area (TPSA) is 78.5 Å². The van der Waals surface area contributed by atoms with Crippen molar-refractivity contribution in [2.45, 2.75) is 38.8 Å². The van der Waals surface area contributed by atoms with Gasteiger partial charge in [-0.15, -0.1) is 0 Å². The maximum atomic E-state index is 12.3. The highest BCUT2D eigenvalue weighted by molar-refractivity contribution is 5.41. The summed E-state index contributed by atoms with van der Waals surface area (Å²) in [4.78, 5) is 22.3. The highest BCUT2D eigenvalue weighted by Gasteiger charge is 2.25. The summed E-state index contributed by atoms with van der Waals surface area (Å²) in [7, 11) is 1.54. The number of aromatic amines is 1. The minimum absolute atomic E-state index is 0.0300. The molecule has 0 atom stereocenters. The molecule has 1 fully saturated rings. The number of nitrogens with zero attached hydrogens (tertiary/aromatic N) is 2. The summed E-state index contributed by atoms with van der Waals surface area (Å²) in [6.07, 6.45) is 4.08. The average Bonchev–Trinajstić information content (AvgIpc) is 3.39. The molecule has 1 aromatic heterocycles. The fraction of sp³-hybridized carbons (Fsp3) is 0.474. The van der Waals surface area contributed by atoms with E-state index in [1.54, 1.807) is 19.2 Å². The lowest BCUT2D eigenvalue weighted by atomic mass is 10.0. The molecule has 1 aliphatic heterocycles. The molecular weight excluding hydrogens is 318 g/mol. The lowest BCUT2D eigenvalue weighted by Crippen LogP contribution is -2.35. The van der Waals surface area contributed by atoms with Crippen molar-refractivity contribution in [1.29, 1.82) is 0 Å². The molecule has 4 rings (SSSR count). The van der Waals surface area contributed by atoms with E-state index in [0.29, 0.717) is 31.2 Å². The van der Waals surface area contributed by atoms with E-state index >= 15 is 0 Å². The van der Waals surface area contributed by atoms with Crippen molar-refractivity contribution in [2.24, 2.45) is 5.92 Å². The highest BCUT2D eigenvalue weighted by Crippen LogP contribution is 2.32. The zero-order chi connectivity index (χ0) is 17.4. The molecule has 0 radical (unpaired) electrons. The molecule has 132 valence electrons. The second-order valence-electron chi connectivity index (χ2n) is 7.05. The quantitative estimate of drug-likeness (QED) is 0.870. The van der Waals surface area contributed by atoms with E-state index in [2.05, 4.69) is 9.88 Å². The van der Waals surface area contributed by atoms with Gasteiger partial charge in [0.15, 0.2) is 11.5 Å². The average molecular weight is 341 g/mol. The Morgan fingerprint density at radius 3 is 2.96 bits per heavy atom. The second-order valence-corrected chi connectivity index (χ2v) is 7.05. The number of hydrogen-bond donors (Lipinski definition) is 2. The standard InChI is InChI=1S/C19H23N3O3/c1-25-17-5-4-13(8-16(17)23)10-22-7-6-14-15(11-22)20-18(21-19(14)24)9-12-2-3-12/h4-5,8,12,23H,2-3,6-7,9-11H2,1H3,(H,20,21,24). The van der Waals surface area contributed by atoms with Gasteiger partial charge in [0.05, 0.1) is 12.8 Å². The van der Waals surface area contributed by atoms with Crippen LogP contribution in [0.4, 0.5) is 0 Å². The van der Waals surface area contributed by atoms with E-state index in [4.69, 9.17) is 9.72 Å². The molecule has 0 spiro atoms. The molecule has 25 heavy (non-hydrogen) atoms. The van der Waals surface area contributed by atoms with Crippen LogP contribution in [0.1, 0.15) is 35.5 Å². The van der Waals surface area contributed by atoms with Gasteiger partial charge in [-0.25, -0.2) is 4.98 Å². The molecule has 0 amide bonds. The second kappa shape index (κ2) is 6.52. The molecule has 1 aromatic carbocycles. The van der Waals surface area contributed by atoms with E-state index in [1.807, 2.05) is 6.07 Å². The molecule has 2 N–H and O–H groups in total. The van der Waals surface area contributed by atoms with Crippen molar-refractivity contribution in [3.05, 3.63) is 51.2 Å². The Balaban J connectivity index is 1.50. The van der Waals surface area contributed by atoms with Crippen LogP contribution in [-0.4, -0.2) is 33.6 Å². The van der Waals surface area contributed by atoms with Gasteiger partial charge >= 0.3 is 0 Å². The van der Waals surface area contributed by atoms with Crippen LogP contribution in [0.3, 0.4) is 0 Å². The molecule has 1 aliphatic carbocycles. The van der Waals surface area contributed by atoms with Gasteiger partial charge in [-0.05, 0) is 42.9 Å². The van der Waals surface area contributed by atoms with Crippen LogP contribution >= 0.6 is 0 Å². The summed E-state index contributed by atoms with van der Waals surface area (Å²) in [6.45, 7) is 2.19. The van der Waals surface area contributed by atoms with Gasteiger partial charge in [-0.1, -0.05) is 6.07 Å². The number of nitrogens with one attached hydrogen (secondary N) is 1. The fourth-order valence-electron chi connectivity index (χ4n) is 3.46. The van der Waals surface area contributed by atoms with Gasteiger partial charge in [0, 0.05) is 31.6 Å². The van der Waals surface area contributed by atoms with Crippen LogP contribution in [0.25, 0.3) is 0 Å². The Bertz CT molecular complexity index is 842. The number of hydrogen-bond acceptors (Lipinski definition) is 5. The first-order valence-corrected chi connectivity index (χ1v) is 8.81. The Morgan fingerprint density at radius 2 is 2.24 bits per heavy atom. The molecule has 2 aliphatic rings. The summed E-state index contributed by atoms with van der Waals surface area (Å²) >= 11 is 0. The smallest absolute Gasteiger partial charge is 0.254 e. The number of phenols is 1. The van der Waals surface area contributed by atoms with Crippen molar-refractivity contribution in [3.63, 3.8) is 0 Å². The number of rotatable bonds is 5. The molecule has 2 heterocycles. The van der Waals surface area contributed by atoms with Crippen LogP contribution in [0, 0.1) is 5.92 Å². The summed E-state index contributed by atoms with van der Waals surface area (Å²) in [5, 5.41) is 9.94. The van der Waals surface area contributed by atoms with Crippen LogP contribution in [0.15, 0.2) is 23.0 Å². The van der Waals surface area contributed by atoms with Crippen LogP contribution in [0.5, 0.6) is 11.5 Å². The van der Waals surface area contributed by atoms with Gasteiger partial charge < -0.3 is 14.8 Å². The molecule has 0 bridgehead atoms. The summed E-state index contributed by atoms with van der Waals surface area (Å²) in [5.41, 5.74) is 2.78. The third-order valence-corrected chi connectivity index (χ3v) is 5.03. The first kappa shape index (κ1) is 16.1. The largest absolute Gasteiger partial charge is 0.504 e. The zero-order valence-electron chi connectivity index (χ0n) is 14.4. The van der Waals surface area contributed by atoms with Gasteiger partial charge in [0.2, 0.25) is 0 Å². The van der Waals surface area contributed by atoms with Crippen molar-refractivity contribution in [3.8, 4) is 11.5 Å². The lowest BCUT2D eigenvalue weighted by molar-refractivity contribution is 0.239. The predicted molar refractivity (Wildman–Crippen MR) is 93.8 cm³/mol. The minimum Gasteiger partial charge on any atom is -0.504 e. The Kier molecular flexibility index (Phi) is 4.21. The number of methoxy groups -OCH3 is 1. The van der Waals surface area contributed by atoms with E-state index < -0.39 is 0 Å². The maximum Gasteiger partial charge on any atom is 0.254 e. The van der Waals surface area contributed by atoms with Gasteiger partial charge in [-0.3, -0.25) is 9.69 Å². The summed E-state index contributed by atoms with van der Waals surface area (Å²) in [6, 6.07) is 5.47. The zero-order valence-corrected chi connectivity index (χ0v) is 14.4. The van der Waals surface area contributed by atoms with Crippen molar-refractivity contribution in [2.75, 3.05) is 13.7 Å². The first-order chi connectivity index (χ1) is 12.1. The fourth-order valence-corrected chi connectivity index (χ4v) is 3.46. The predicted octanol–water partition coefficient (Wildman–Crippen LogP) is 1.99. The van der Waals surface area contributed by atoms with Crippen LogP contribution in [-0.2, 0) is 25.9 Å². The van der Waals surface area contributed by atoms with Crippen LogP contribution in [0.2, 0.25) is 0 Å². The highest BCUT2D eigenvalue weighted by atomic mass is 16.5. The lowest BCUT2D eigenvalue weighted by Gasteiger charge is -2.27. The van der Waals surface area contributed by atoms with Crippen LogP contribution < -0.4 is 10.3 Å². The number of fused-ring (bicyclic) bond motifs is 1. The van der Waals surface area contributed by atoms with E-state index in [0.717, 1.165) is 35.6 Å². The Hall–Kier alpha value is -2.34. The number of aromatic nitrogens is 2. The number of benzene rings is 1. The molecular formula is C19H23N3O3. The Labute approximate surface area is 146 Å². The third-order valence-electron chi connectivity index (χ3n) is 5.03. The van der Waals surface area contributed by atoms with Crippen molar-refractivity contribution < 1.29 is 9.84 Å². The number of ether oxygens (including phenoxy) is 1.